The minimum Gasteiger partial charge on any atom is -0.495 e. The zero-order valence-electron chi connectivity index (χ0n) is 15.0. The Morgan fingerprint density at radius 1 is 1.08 bits per heavy atom. The van der Waals surface area contributed by atoms with Gasteiger partial charge >= 0.3 is 0 Å². The Morgan fingerprint density at radius 2 is 1.69 bits per heavy atom. The zero-order chi connectivity index (χ0) is 18.9. The monoisotopic (exact) mass is 421 g/mol. The third-order valence-corrected chi connectivity index (χ3v) is 5.01. The molecule has 1 N–H and O–H groups in total. The number of benzene rings is 2. The highest BCUT2D eigenvalue weighted by molar-refractivity contribution is 9.10. The van der Waals surface area contributed by atoms with Crippen molar-refractivity contribution in [3.8, 4) is 23.0 Å². The fourth-order valence-electron chi connectivity index (χ4n) is 2.71. The summed E-state index contributed by atoms with van der Waals surface area (Å²) in [7, 11) is 3.08. The molecule has 7 heteroatoms. The first-order chi connectivity index (χ1) is 12.4. The molecule has 1 heterocycles. The second kappa shape index (κ2) is 7.07. The van der Waals surface area contributed by atoms with Gasteiger partial charge in [-0.3, -0.25) is 4.79 Å². The van der Waals surface area contributed by atoms with E-state index < -0.39 is 5.54 Å². The number of ether oxygens (including phenoxy) is 4. The molecule has 6 nitrogen and oxygen atoms in total. The lowest BCUT2D eigenvalue weighted by Crippen LogP contribution is -2.41. The van der Waals surface area contributed by atoms with E-state index in [1.165, 1.54) is 14.2 Å². The number of carbonyl (C=O) groups is 1. The molecule has 0 saturated carbocycles. The minimum atomic E-state index is -0.619. The molecule has 1 amide bonds. The van der Waals surface area contributed by atoms with Crippen LogP contribution in [0.1, 0.15) is 29.8 Å². The van der Waals surface area contributed by atoms with Crippen LogP contribution in [0.2, 0.25) is 0 Å². The van der Waals surface area contributed by atoms with E-state index in [1.54, 1.807) is 12.1 Å². The number of halogens is 1. The van der Waals surface area contributed by atoms with Crippen LogP contribution in [0.5, 0.6) is 23.0 Å². The molecule has 0 aromatic heterocycles. The molecule has 2 aromatic carbocycles. The van der Waals surface area contributed by atoms with Crippen molar-refractivity contribution in [1.29, 1.82) is 0 Å². The summed E-state index contributed by atoms with van der Waals surface area (Å²) in [5.41, 5.74) is 0.730. The van der Waals surface area contributed by atoms with Crippen LogP contribution in [-0.4, -0.2) is 26.9 Å². The van der Waals surface area contributed by atoms with E-state index in [1.807, 2.05) is 32.0 Å². The summed E-state index contributed by atoms with van der Waals surface area (Å²) in [4.78, 5) is 12.8. The first-order valence-corrected chi connectivity index (χ1v) is 8.79. The summed E-state index contributed by atoms with van der Waals surface area (Å²) in [5.74, 6) is 2.19. The molecule has 2 aromatic rings. The van der Waals surface area contributed by atoms with Gasteiger partial charge in [0.2, 0.25) is 6.79 Å². The molecular formula is C19H20BrNO5. The molecule has 26 heavy (non-hydrogen) atoms. The molecule has 0 unspecified atom stereocenters. The Hall–Kier alpha value is -2.41. The average Bonchev–Trinajstić information content (AvgIpc) is 3.09. The van der Waals surface area contributed by atoms with Gasteiger partial charge in [-0.25, -0.2) is 0 Å². The summed E-state index contributed by atoms with van der Waals surface area (Å²) in [6.45, 7) is 4.07. The molecule has 1 aliphatic heterocycles. The highest BCUT2D eigenvalue weighted by atomic mass is 79.9. The average molecular weight is 422 g/mol. The first kappa shape index (κ1) is 18.4. The number of fused-ring (bicyclic) bond motifs is 1. The number of carbonyl (C=O) groups excluding carboxylic acids is 1. The number of amides is 1. The van der Waals surface area contributed by atoms with Crippen LogP contribution in [0, 0.1) is 0 Å². The Labute approximate surface area is 160 Å². The second-order valence-electron chi connectivity index (χ2n) is 6.34. The Bertz CT molecular complexity index is 825. The molecule has 3 rings (SSSR count). The molecule has 0 aliphatic carbocycles. The molecule has 1 aliphatic rings. The van der Waals surface area contributed by atoms with Crippen LogP contribution < -0.4 is 24.3 Å². The number of nitrogens with one attached hydrogen (secondary N) is 1. The lowest BCUT2D eigenvalue weighted by molar-refractivity contribution is 0.0911. The topological polar surface area (TPSA) is 66.0 Å². The predicted molar refractivity (Wildman–Crippen MR) is 100 cm³/mol. The third-order valence-electron chi connectivity index (χ3n) is 4.23. The van der Waals surface area contributed by atoms with E-state index in [9.17, 15) is 4.79 Å². The van der Waals surface area contributed by atoms with Gasteiger partial charge in [-0.1, -0.05) is 6.07 Å². The summed E-state index contributed by atoms with van der Waals surface area (Å²) in [5, 5.41) is 3.04. The summed E-state index contributed by atoms with van der Waals surface area (Å²) >= 11 is 3.40. The van der Waals surface area contributed by atoms with Gasteiger partial charge in [0.25, 0.3) is 5.91 Å². The molecule has 0 atom stereocenters. The molecule has 0 fully saturated rings. The summed E-state index contributed by atoms with van der Waals surface area (Å²) in [6, 6.07) is 8.97. The van der Waals surface area contributed by atoms with Gasteiger partial charge in [-0.05, 0) is 59.6 Å². The lowest BCUT2D eigenvalue weighted by atomic mass is 9.93. The van der Waals surface area contributed by atoms with Crippen molar-refractivity contribution in [2.45, 2.75) is 19.4 Å². The van der Waals surface area contributed by atoms with E-state index in [2.05, 4.69) is 21.2 Å². The number of hydrogen-bond acceptors (Lipinski definition) is 5. The maximum absolute atomic E-state index is 12.8. The van der Waals surface area contributed by atoms with Gasteiger partial charge in [0, 0.05) is 5.56 Å². The van der Waals surface area contributed by atoms with E-state index in [0.717, 1.165) is 5.56 Å². The van der Waals surface area contributed by atoms with Gasteiger partial charge in [-0.2, -0.15) is 0 Å². The Morgan fingerprint density at radius 3 is 2.31 bits per heavy atom. The van der Waals surface area contributed by atoms with E-state index in [-0.39, 0.29) is 12.7 Å². The maximum Gasteiger partial charge on any atom is 0.252 e. The van der Waals surface area contributed by atoms with Crippen molar-refractivity contribution in [3.05, 3.63) is 45.9 Å². The van der Waals surface area contributed by atoms with E-state index in [0.29, 0.717) is 33.0 Å². The van der Waals surface area contributed by atoms with Gasteiger partial charge in [0.1, 0.15) is 16.0 Å². The minimum absolute atomic E-state index is 0.212. The maximum atomic E-state index is 12.8. The molecule has 0 bridgehead atoms. The highest BCUT2D eigenvalue weighted by Gasteiger charge is 2.27. The van der Waals surface area contributed by atoms with Gasteiger partial charge in [0.05, 0.1) is 19.8 Å². The SMILES string of the molecule is COc1cc(C(=O)NC(C)(C)c2ccc3c(c2)OCO3)cc(OC)c1Br. The molecule has 0 radical (unpaired) electrons. The number of methoxy groups -OCH3 is 2. The fraction of sp³-hybridized carbons (Fsp3) is 0.316. The molecular weight excluding hydrogens is 402 g/mol. The smallest absolute Gasteiger partial charge is 0.252 e. The number of rotatable bonds is 5. The van der Waals surface area contributed by atoms with E-state index >= 15 is 0 Å². The predicted octanol–water partition coefficient (Wildman–Crippen LogP) is 3.86. The van der Waals surface area contributed by atoms with Crippen molar-refractivity contribution < 1.29 is 23.7 Å². The normalized spacial score (nSPS) is 12.7. The van der Waals surface area contributed by atoms with Crippen LogP contribution >= 0.6 is 15.9 Å². The van der Waals surface area contributed by atoms with Crippen molar-refractivity contribution in [1.82, 2.24) is 5.32 Å². The van der Waals surface area contributed by atoms with Crippen molar-refractivity contribution in [3.63, 3.8) is 0 Å². The zero-order valence-corrected chi connectivity index (χ0v) is 16.6. The van der Waals surface area contributed by atoms with Gasteiger partial charge in [-0.15, -0.1) is 0 Å². The standard InChI is InChI=1S/C19H20BrNO5/c1-19(2,12-5-6-13-14(9-12)26-10-25-13)21-18(22)11-7-15(23-3)17(20)16(8-11)24-4/h5-9H,10H2,1-4H3,(H,21,22). The van der Waals surface area contributed by atoms with Crippen LogP contribution in [-0.2, 0) is 5.54 Å². The summed E-state index contributed by atoms with van der Waals surface area (Å²) in [6.07, 6.45) is 0. The van der Waals surface area contributed by atoms with Crippen LogP contribution in [0.25, 0.3) is 0 Å². The Balaban J connectivity index is 1.87. The van der Waals surface area contributed by atoms with Crippen molar-refractivity contribution >= 4 is 21.8 Å². The summed E-state index contributed by atoms with van der Waals surface area (Å²) < 4.78 is 22.0. The quantitative estimate of drug-likeness (QED) is 0.793. The van der Waals surface area contributed by atoms with Crippen molar-refractivity contribution in [2.24, 2.45) is 0 Å². The van der Waals surface area contributed by atoms with Crippen molar-refractivity contribution in [2.75, 3.05) is 21.0 Å². The third kappa shape index (κ3) is 3.44. The fourth-order valence-corrected chi connectivity index (χ4v) is 3.27. The lowest BCUT2D eigenvalue weighted by Gasteiger charge is -2.27. The Kier molecular flexibility index (Phi) is 5.00. The van der Waals surface area contributed by atoms with Crippen LogP contribution in [0.3, 0.4) is 0 Å². The van der Waals surface area contributed by atoms with Gasteiger partial charge in [0.15, 0.2) is 11.5 Å². The van der Waals surface area contributed by atoms with Gasteiger partial charge < -0.3 is 24.3 Å². The van der Waals surface area contributed by atoms with Crippen LogP contribution in [0.4, 0.5) is 0 Å². The molecule has 138 valence electrons. The first-order valence-electron chi connectivity index (χ1n) is 8.00. The molecule has 0 saturated heterocycles. The molecule has 0 spiro atoms. The van der Waals surface area contributed by atoms with E-state index in [4.69, 9.17) is 18.9 Å². The largest absolute Gasteiger partial charge is 0.495 e. The second-order valence-corrected chi connectivity index (χ2v) is 7.13. The highest BCUT2D eigenvalue weighted by Crippen LogP contribution is 2.37. The van der Waals surface area contributed by atoms with Crippen LogP contribution in [0.15, 0.2) is 34.8 Å². The number of hydrogen-bond donors (Lipinski definition) is 1.